The molecule has 0 bridgehead atoms. The second kappa shape index (κ2) is 34.4. The smallest absolute Gasteiger partial charge is 0.220 e. The molecule has 53 heavy (non-hydrogen) atoms. The Labute approximate surface area is 324 Å². The molecule has 0 aliphatic carbocycles. The quantitative estimate of drug-likeness (QED) is 0.0313. The van der Waals surface area contributed by atoms with Crippen LogP contribution in [-0.2, 0) is 14.3 Å². The van der Waals surface area contributed by atoms with Crippen LogP contribution in [0.5, 0.6) is 0 Å². The van der Waals surface area contributed by atoms with E-state index in [1.54, 1.807) is 0 Å². The van der Waals surface area contributed by atoms with Crippen LogP contribution >= 0.6 is 0 Å². The molecule has 1 rings (SSSR count). The molecule has 0 radical (unpaired) electrons. The highest BCUT2D eigenvalue weighted by Gasteiger charge is 2.44. The fraction of sp³-hybridized carbons (Fsp3) is 0.977. The van der Waals surface area contributed by atoms with Crippen molar-refractivity contribution >= 4 is 5.91 Å². The first-order valence-electron chi connectivity index (χ1n) is 22.3. The van der Waals surface area contributed by atoms with Gasteiger partial charge in [0.1, 0.15) is 30.5 Å². The molecule has 8 atom stereocenters. The van der Waals surface area contributed by atoms with Crippen LogP contribution < -0.4 is 5.32 Å². The topological polar surface area (TPSA) is 169 Å². The van der Waals surface area contributed by atoms with Crippen molar-refractivity contribution in [1.29, 1.82) is 0 Å². The van der Waals surface area contributed by atoms with Crippen LogP contribution in [0.25, 0.3) is 0 Å². The Hall–Kier alpha value is -0.850. The minimum absolute atomic E-state index is 0.256. The summed E-state index contributed by atoms with van der Waals surface area (Å²) >= 11 is 0. The summed E-state index contributed by atoms with van der Waals surface area (Å²) in [4.78, 5) is 12.9. The molecule has 1 fully saturated rings. The zero-order valence-electron chi connectivity index (χ0n) is 34.2. The molecule has 1 heterocycles. The summed E-state index contributed by atoms with van der Waals surface area (Å²) in [7, 11) is 0. The Balaban J connectivity index is 2.40. The van der Waals surface area contributed by atoms with E-state index in [2.05, 4.69) is 19.2 Å². The number of aliphatic hydroxyl groups is 6. The molecule has 0 aromatic carbocycles. The molecule has 316 valence electrons. The summed E-state index contributed by atoms with van der Waals surface area (Å²) in [6, 6.07) is -0.983. The lowest BCUT2D eigenvalue weighted by atomic mass is 9.98. The normalized spacial score (nSPS) is 22.2. The van der Waals surface area contributed by atoms with Crippen molar-refractivity contribution in [3.63, 3.8) is 0 Å². The van der Waals surface area contributed by atoms with E-state index in [1.165, 1.54) is 135 Å². The van der Waals surface area contributed by atoms with Gasteiger partial charge in [-0.05, 0) is 12.8 Å². The molecule has 1 amide bonds. The van der Waals surface area contributed by atoms with Crippen molar-refractivity contribution in [1.82, 2.24) is 5.32 Å². The minimum Gasteiger partial charge on any atom is -0.394 e. The van der Waals surface area contributed by atoms with Crippen molar-refractivity contribution in [3.8, 4) is 0 Å². The molecule has 1 saturated heterocycles. The van der Waals surface area contributed by atoms with Crippen LogP contribution in [0.15, 0.2) is 0 Å². The molecule has 0 spiro atoms. The highest BCUT2D eigenvalue weighted by molar-refractivity contribution is 5.76. The SMILES string of the molecule is CCCCCCCCCCCCCCCCCC[C@@H](O)[C@@H](O)[C@H](CO[C@@H]1O[C@H](CO)[C@H](O)C(O)C1O)NC(=O)CCCCCCCCCCCCCC. The molecule has 7 N–H and O–H groups in total. The number of carbonyl (C=O) groups is 1. The summed E-state index contributed by atoms with van der Waals surface area (Å²) in [6.45, 7) is 3.60. The Morgan fingerprint density at radius 2 is 0.981 bits per heavy atom. The molecule has 1 aliphatic heterocycles. The van der Waals surface area contributed by atoms with Gasteiger partial charge in [-0.25, -0.2) is 0 Å². The van der Waals surface area contributed by atoms with E-state index in [-0.39, 0.29) is 18.9 Å². The van der Waals surface area contributed by atoms with E-state index in [1.807, 2.05) is 0 Å². The van der Waals surface area contributed by atoms with Crippen LogP contribution in [0, 0.1) is 0 Å². The van der Waals surface area contributed by atoms with Crippen molar-refractivity contribution in [2.45, 2.75) is 255 Å². The number of rotatable bonds is 37. The second-order valence-corrected chi connectivity index (χ2v) is 16.0. The van der Waals surface area contributed by atoms with Gasteiger partial charge in [-0.15, -0.1) is 0 Å². The third kappa shape index (κ3) is 25.1. The fourth-order valence-electron chi connectivity index (χ4n) is 7.38. The van der Waals surface area contributed by atoms with Gasteiger partial charge in [0.15, 0.2) is 6.29 Å². The van der Waals surface area contributed by atoms with Crippen LogP contribution in [0.3, 0.4) is 0 Å². The Morgan fingerprint density at radius 3 is 1.40 bits per heavy atom. The van der Waals surface area contributed by atoms with Crippen LogP contribution in [0.1, 0.15) is 206 Å². The van der Waals surface area contributed by atoms with Gasteiger partial charge in [0, 0.05) is 6.42 Å². The predicted molar refractivity (Wildman–Crippen MR) is 214 cm³/mol. The number of nitrogens with one attached hydrogen (secondary N) is 1. The summed E-state index contributed by atoms with van der Waals surface area (Å²) in [6.07, 6.45) is 25.3. The maximum Gasteiger partial charge on any atom is 0.220 e. The van der Waals surface area contributed by atoms with E-state index in [9.17, 15) is 35.4 Å². The van der Waals surface area contributed by atoms with Gasteiger partial charge in [-0.2, -0.15) is 0 Å². The standard InChI is InChI=1S/C43H85NO9/c1-3-5-7-9-11-13-15-17-18-19-20-21-23-25-27-29-31-36(46)39(48)35(34-52-43-42(51)41(50)40(49)37(33-45)53-43)44-38(47)32-30-28-26-24-22-16-14-12-10-8-6-4-2/h35-37,39-43,45-46,48-51H,3-34H2,1-2H3,(H,44,47)/t35-,36+,37+,39-,40-,41?,42?,43+/m0/s1. The largest absolute Gasteiger partial charge is 0.394 e. The first-order chi connectivity index (χ1) is 25.8. The number of ether oxygens (including phenoxy) is 2. The summed E-state index contributed by atoms with van der Waals surface area (Å²) in [5.74, 6) is -0.256. The van der Waals surface area contributed by atoms with Crippen LogP contribution in [-0.4, -0.2) is 98.7 Å². The van der Waals surface area contributed by atoms with Gasteiger partial charge in [0.2, 0.25) is 5.91 Å². The average Bonchev–Trinajstić information content (AvgIpc) is 3.16. The zero-order valence-corrected chi connectivity index (χ0v) is 34.2. The number of aliphatic hydroxyl groups excluding tert-OH is 6. The molecule has 2 unspecified atom stereocenters. The summed E-state index contributed by atoms with van der Waals surface area (Å²) in [5, 5.41) is 65.1. The molecule has 0 saturated carbocycles. The van der Waals surface area contributed by atoms with E-state index >= 15 is 0 Å². The monoisotopic (exact) mass is 760 g/mol. The van der Waals surface area contributed by atoms with E-state index in [0.29, 0.717) is 6.42 Å². The van der Waals surface area contributed by atoms with Crippen molar-refractivity contribution in [2.75, 3.05) is 13.2 Å². The molecule has 0 aromatic heterocycles. The number of hydrogen-bond acceptors (Lipinski definition) is 9. The van der Waals surface area contributed by atoms with Gasteiger partial charge >= 0.3 is 0 Å². The lowest BCUT2D eigenvalue weighted by Crippen LogP contribution is -2.60. The Kier molecular flexibility index (Phi) is 32.6. The van der Waals surface area contributed by atoms with Crippen molar-refractivity contribution < 1.29 is 44.9 Å². The highest BCUT2D eigenvalue weighted by Crippen LogP contribution is 2.23. The zero-order chi connectivity index (χ0) is 38.9. The Bertz CT molecular complexity index is 819. The first kappa shape index (κ1) is 50.2. The molecule has 1 aliphatic rings. The predicted octanol–water partition coefficient (Wildman–Crippen LogP) is 7.75. The number of hydrogen-bond donors (Lipinski definition) is 7. The van der Waals surface area contributed by atoms with E-state index in [4.69, 9.17) is 9.47 Å². The van der Waals surface area contributed by atoms with Gasteiger partial charge in [0.05, 0.1) is 25.4 Å². The van der Waals surface area contributed by atoms with Gasteiger partial charge in [-0.1, -0.05) is 187 Å². The minimum atomic E-state index is -1.60. The maximum absolute atomic E-state index is 12.9. The number of carbonyl (C=O) groups excluding carboxylic acids is 1. The van der Waals surface area contributed by atoms with Gasteiger partial charge < -0.3 is 45.4 Å². The van der Waals surface area contributed by atoms with Crippen molar-refractivity contribution in [3.05, 3.63) is 0 Å². The van der Waals surface area contributed by atoms with Gasteiger partial charge in [0.25, 0.3) is 0 Å². The first-order valence-corrected chi connectivity index (χ1v) is 22.3. The molecular weight excluding hydrogens is 674 g/mol. The van der Waals surface area contributed by atoms with E-state index < -0.39 is 55.6 Å². The van der Waals surface area contributed by atoms with E-state index in [0.717, 1.165) is 44.9 Å². The number of unbranched alkanes of at least 4 members (excludes halogenated alkanes) is 26. The lowest BCUT2D eigenvalue weighted by molar-refractivity contribution is -0.303. The van der Waals surface area contributed by atoms with Crippen molar-refractivity contribution in [2.24, 2.45) is 0 Å². The fourth-order valence-corrected chi connectivity index (χ4v) is 7.38. The third-order valence-corrected chi connectivity index (χ3v) is 11.1. The second-order valence-electron chi connectivity index (χ2n) is 16.0. The van der Waals surface area contributed by atoms with Crippen LogP contribution in [0.4, 0.5) is 0 Å². The summed E-state index contributed by atoms with van der Waals surface area (Å²) < 4.78 is 11.1. The Morgan fingerprint density at radius 1 is 0.585 bits per heavy atom. The number of amides is 1. The lowest BCUT2D eigenvalue weighted by Gasteiger charge is -2.40. The molecule has 0 aromatic rings. The average molecular weight is 760 g/mol. The third-order valence-electron chi connectivity index (χ3n) is 11.1. The molecular formula is C43H85NO9. The van der Waals surface area contributed by atoms with Crippen LogP contribution in [0.2, 0.25) is 0 Å². The molecule has 10 heteroatoms. The summed E-state index contributed by atoms with van der Waals surface area (Å²) in [5.41, 5.74) is 0. The highest BCUT2D eigenvalue weighted by atomic mass is 16.7. The molecule has 10 nitrogen and oxygen atoms in total. The van der Waals surface area contributed by atoms with Gasteiger partial charge in [-0.3, -0.25) is 4.79 Å². The maximum atomic E-state index is 12.9.